The van der Waals surface area contributed by atoms with Gasteiger partial charge < -0.3 is 5.32 Å². The molecule has 4 aromatic heterocycles. The summed E-state index contributed by atoms with van der Waals surface area (Å²) in [4.78, 5) is 40.0. The average molecular weight is 494 g/mol. The number of hydrogen-bond donors (Lipinski definition) is 1. The highest BCUT2D eigenvalue weighted by Gasteiger charge is 2.20. The number of carbonyl (C=O) groups excluding carboxylic acids is 1. The number of nitrogens with zero attached hydrogens (tertiary/aromatic N) is 4. The van der Waals surface area contributed by atoms with Crippen molar-refractivity contribution in [3.05, 3.63) is 90.6 Å². The molecule has 1 unspecified atom stereocenters. The minimum absolute atomic E-state index is 0.0546. The molecule has 5 rings (SSSR count). The molecule has 0 bridgehead atoms. The molecule has 0 aliphatic carbocycles. The first-order chi connectivity index (χ1) is 16.5. The van der Waals surface area contributed by atoms with Crippen molar-refractivity contribution in [1.82, 2.24) is 24.1 Å². The summed E-state index contributed by atoms with van der Waals surface area (Å²) in [7, 11) is 0. The zero-order chi connectivity index (χ0) is 23.7. The van der Waals surface area contributed by atoms with Crippen molar-refractivity contribution in [2.75, 3.05) is 0 Å². The van der Waals surface area contributed by atoms with Gasteiger partial charge in [-0.1, -0.05) is 36.4 Å². The Balaban J connectivity index is 1.40. The molecule has 4 heterocycles. The third-order valence-corrected chi connectivity index (χ3v) is 7.44. The maximum atomic E-state index is 13.2. The van der Waals surface area contributed by atoms with Gasteiger partial charge in [0.2, 0.25) is 11.7 Å². The molecule has 1 aromatic carbocycles. The van der Waals surface area contributed by atoms with E-state index in [4.69, 9.17) is 0 Å². The van der Waals surface area contributed by atoms with E-state index < -0.39 is 5.69 Å². The van der Waals surface area contributed by atoms with E-state index in [2.05, 4.69) is 22.5 Å². The Morgan fingerprint density at radius 1 is 1.06 bits per heavy atom. The summed E-state index contributed by atoms with van der Waals surface area (Å²) in [5.41, 5.74) is 1.09. The molecule has 34 heavy (non-hydrogen) atoms. The number of fused-ring (bicyclic) bond motifs is 3. The predicted octanol–water partition coefficient (Wildman–Crippen LogP) is 3.12. The second-order valence-electron chi connectivity index (χ2n) is 8.17. The second-order valence-corrected chi connectivity index (χ2v) is 10.1. The van der Waals surface area contributed by atoms with Gasteiger partial charge in [-0.05, 0) is 48.2 Å². The van der Waals surface area contributed by atoms with Gasteiger partial charge in [0.1, 0.15) is 11.2 Å². The van der Waals surface area contributed by atoms with Crippen LogP contribution in [0.15, 0.2) is 68.9 Å². The normalized spacial score (nSPS) is 12.4. The first-order valence-electron chi connectivity index (χ1n) is 11.0. The van der Waals surface area contributed by atoms with E-state index in [1.54, 1.807) is 11.4 Å². The molecule has 1 amide bonds. The summed E-state index contributed by atoms with van der Waals surface area (Å²) in [6, 6.07) is 15.6. The molecule has 0 saturated heterocycles. The lowest BCUT2D eigenvalue weighted by Crippen LogP contribution is -2.38. The standard InChI is InChI=1S/C24H23N5O3S2/c1-16(9-10-17-6-3-2-4-7-17)25-20(30)15-28-24(32)29-19-11-13-34-21(19)22(31)27(23(29)26-28)14-18-8-5-12-33-18/h2-8,11-13,16H,9-10,14-15H2,1H3,(H,25,30). The van der Waals surface area contributed by atoms with Crippen LogP contribution in [-0.2, 0) is 24.3 Å². The van der Waals surface area contributed by atoms with Crippen molar-refractivity contribution in [1.29, 1.82) is 0 Å². The Morgan fingerprint density at radius 3 is 2.65 bits per heavy atom. The highest BCUT2D eigenvalue weighted by molar-refractivity contribution is 7.17. The Labute approximate surface area is 202 Å². The molecule has 0 aliphatic rings. The lowest BCUT2D eigenvalue weighted by Gasteiger charge is -2.13. The van der Waals surface area contributed by atoms with Crippen molar-refractivity contribution in [2.24, 2.45) is 0 Å². The smallest absolute Gasteiger partial charge is 0.352 e. The summed E-state index contributed by atoms with van der Waals surface area (Å²) in [5.74, 6) is -0.0565. The van der Waals surface area contributed by atoms with Gasteiger partial charge in [0.15, 0.2) is 0 Å². The van der Waals surface area contributed by atoms with Gasteiger partial charge >= 0.3 is 5.69 Å². The number of aryl methyl sites for hydroxylation is 1. The van der Waals surface area contributed by atoms with Crippen LogP contribution in [0.1, 0.15) is 23.8 Å². The topological polar surface area (TPSA) is 90.4 Å². The first kappa shape index (κ1) is 22.3. The molecule has 8 nitrogen and oxygen atoms in total. The van der Waals surface area contributed by atoms with E-state index in [0.717, 1.165) is 22.4 Å². The SMILES string of the molecule is CC(CCc1ccccc1)NC(=O)Cn1nc2n(Cc3cccs3)c(=O)c3sccc3n2c1=O. The number of rotatable bonds is 8. The Kier molecular flexibility index (Phi) is 6.16. The molecule has 0 aliphatic heterocycles. The third-order valence-electron chi connectivity index (χ3n) is 5.69. The zero-order valence-corrected chi connectivity index (χ0v) is 20.1. The minimum atomic E-state index is -0.439. The highest BCUT2D eigenvalue weighted by atomic mass is 32.1. The molecule has 1 N–H and O–H groups in total. The Morgan fingerprint density at radius 2 is 1.88 bits per heavy atom. The maximum Gasteiger partial charge on any atom is 0.352 e. The predicted molar refractivity (Wildman–Crippen MR) is 135 cm³/mol. The molecule has 1 atom stereocenters. The lowest BCUT2D eigenvalue weighted by molar-refractivity contribution is -0.122. The highest BCUT2D eigenvalue weighted by Crippen LogP contribution is 2.19. The van der Waals surface area contributed by atoms with Crippen LogP contribution >= 0.6 is 22.7 Å². The fourth-order valence-electron chi connectivity index (χ4n) is 3.99. The molecule has 0 radical (unpaired) electrons. The van der Waals surface area contributed by atoms with Crippen LogP contribution in [-0.4, -0.2) is 30.7 Å². The maximum absolute atomic E-state index is 13.2. The number of carbonyl (C=O) groups is 1. The van der Waals surface area contributed by atoms with Gasteiger partial charge in [0.05, 0.1) is 12.1 Å². The average Bonchev–Trinajstić information content (AvgIpc) is 3.57. The third kappa shape index (κ3) is 4.34. The fourth-order valence-corrected chi connectivity index (χ4v) is 5.51. The summed E-state index contributed by atoms with van der Waals surface area (Å²) < 4.78 is 4.55. The summed E-state index contributed by atoms with van der Waals surface area (Å²) in [5, 5.41) is 11.1. The van der Waals surface area contributed by atoms with Gasteiger partial charge in [-0.25, -0.2) is 13.9 Å². The van der Waals surface area contributed by atoms with Crippen LogP contribution in [0.3, 0.4) is 0 Å². The first-order valence-corrected chi connectivity index (χ1v) is 12.7. The zero-order valence-electron chi connectivity index (χ0n) is 18.5. The van der Waals surface area contributed by atoms with Crippen LogP contribution in [0.2, 0.25) is 0 Å². The molecular weight excluding hydrogens is 470 g/mol. The molecule has 10 heteroatoms. The summed E-state index contributed by atoms with van der Waals surface area (Å²) >= 11 is 2.82. The van der Waals surface area contributed by atoms with Crippen LogP contribution in [0.25, 0.3) is 16.0 Å². The van der Waals surface area contributed by atoms with Gasteiger partial charge in [-0.2, -0.15) is 0 Å². The molecular formula is C24H23N5O3S2. The van der Waals surface area contributed by atoms with E-state index >= 15 is 0 Å². The van der Waals surface area contributed by atoms with Gasteiger partial charge in [-0.3, -0.25) is 14.2 Å². The Hall–Kier alpha value is -3.50. The van der Waals surface area contributed by atoms with Crippen LogP contribution in [0.4, 0.5) is 0 Å². The fraction of sp³-hybridized carbons (Fsp3) is 0.250. The molecule has 174 valence electrons. The monoisotopic (exact) mass is 493 g/mol. The molecule has 0 fully saturated rings. The van der Waals surface area contributed by atoms with Crippen LogP contribution in [0, 0.1) is 0 Å². The van der Waals surface area contributed by atoms with Crippen molar-refractivity contribution < 1.29 is 4.79 Å². The van der Waals surface area contributed by atoms with E-state index in [1.807, 2.05) is 42.6 Å². The number of amides is 1. The van der Waals surface area contributed by atoms with Gasteiger partial charge in [-0.15, -0.1) is 27.8 Å². The van der Waals surface area contributed by atoms with Crippen molar-refractivity contribution in [3.8, 4) is 0 Å². The van der Waals surface area contributed by atoms with Crippen molar-refractivity contribution >= 4 is 44.6 Å². The molecule has 5 aromatic rings. The quantitative estimate of drug-likeness (QED) is 0.360. The van der Waals surface area contributed by atoms with Crippen molar-refractivity contribution in [3.63, 3.8) is 0 Å². The number of thiophene rings is 2. The minimum Gasteiger partial charge on any atom is -0.352 e. The number of hydrogen-bond acceptors (Lipinski definition) is 6. The number of aromatic nitrogens is 4. The number of nitrogens with one attached hydrogen (secondary N) is 1. The van der Waals surface area contributed by atoms with E-state index in [-0.39, 0.29) is 29.8 Å². The van der Waals surface area contributed by atoms with Gasteiger partial charge in [0, 0.05) is 10.9 Å². The van der Waals surface area contributed by atoms with Crippen molar-refractivity contribution in [2.45, 2.75) is 38.9 Å². The summed E-state index contributed by atoms with van der Waals surface area (Å²) in [6.45, 7) is 2.04. The van der Waals surface area contributed by atoms with Crippen LogP contribution < -0.4 is 16.6 Å². The van der Waals surface area contributed by atoms with Crippen LogP contribution in [0.5, 0.6) is 0 Å². The molecule has 0 spiro atoms. The molecule has 0 saturated carbocycles. The lowest BCUT2D eigenvalue weighted by atomic mass is 10.1. The second kappa shape index (κ2) is 9.40. The largest absolute Gasteiger partial charge is 0.352 e. The Bertz CT molecular complexity index is 1560. The van der Waals surface area contributed by atoms with E-state index in [9.17, 15) is 14.4 Å². The number of benzene rings is 1. The van der Waals surface area contributed by atoms with Gasteiger partial charge in [0.25, 0.3) is 5.56 Å². The van der Waals surface area contributed by atoms with E-state index in [1.165, 1.54) is 37.2 Å². The summed E-state index contributed by atoms with van der Waals surface area (Å²) in [6.07, 6.45) is 1.63. The van der Waals surface area contributed by atoms with E-state index in [0.29, 0.717) is 16.8 Å².